The van der Waals surface area contributed by atoms with Gasteiger partial charge in [0, 0.05) is 49.8 Å². The van der Waals surface area contributed by atoms with Gasteiger partial charge in [-0.3, -0.25) is 29.6 Å². The van der Waals surface area contributed by atoms with Gasteiger partial charge in [-0.05, 0) is 35.2 Å². The third-order valence-electron chi connectivity index (χ3n) is 5.65. The molecule has 1 aliphatic rings. The fraction of sp³-hybridized carbons (Fsp3) is 0.208. The lowest BCUT2D eigenvalue weighted by atomic mass is 9.97. The molecule has 2 heterocycles. The number of non-ortho nitro benzene ring substituents is 1. The molecule has 9 heteroatoms. The molecule has 0 unspecified atom stereocenters. The quantitative estimate of drug-likeness (QED) is 0.342. The van der Waals surface area contributed by atoms with Crippen molar-refractivity contribution >= 4 is 23.2 Å². The zero-order valence-corrected chi connectivity index (χ0v) is 17.8. The number of fused-ring (bicyclic) bond motifs is 1. The summed E-state index contributed by atoms with van der Waals surface area (Å²) in [5.41, 5.74) is 3.51. The smallest absolute Gasteiger partial charge is 0.313 e. The minimum absolute atomic E-state index is 0.165. The van der Waals surface area contributed by atoms with Gasteiger partial charge in [-0.1, -0.05) is 36.4 Å². The average Bonchev–Trinajstić information content (AvgIpc) is 2.84. The Bertz CT molecular complexity index is 1170. The lowest BCUT2D eigenvalue weighted by Gasteiger charge is -2.35. The van der Waals surface area contributed by atoms with Gasteiger partial charge in [0.2, 0.25) is 0 Å². The summed E-state index contributed by atoms with van der Waals surface area (Å²) in [6.45, 7) is 1.76. The number of benzene rings is 2. The van der Waals surface area contributed by atoms with E-state index >= 15 is 0 Å². The van der Waals surface area contributed by atoms with Gasteiger partial charge in [0.05, 0.1) is 11.0 Å². The number of nitro groups is 1. The molecule has 0 bridgehead atoms. The van der Waals surface area contributed by atoms with E-state index in [0.29, 0.717) is 0 Å². The largest absolute Gasteiger partial charge is 0.346 e. The third-order valence-corrected chi connectivity index (χ3v) is 5.65. The second-order valence-corrected chi connectivity index (χ2v) is 7.76. The Morgan fingerprint density at radius 2 is 1.88 bits per heavy atom. The van der Waals surface area contributed by atoms with E-state index < -0.39 is 16.7 Å². The molecule has 3 aromatic rings. The van der Waals surface area contributed by atoms with E-state index in [1.807, 2.05) is 24.3 Å². The number of nitrogens with zero attached hydrogens (tertiary/aromatic N) is 3. The van der Waals surface area contributed by atoms with Gasteiger partial charge < -0.3 is 10.6 Å². The molecule has 1 atom stereocenters. The van der Waals surface area contributed by atoms with Crippen molar-refractivity contribution < 1.29 is 14.5 Å². The van der Waals surface area contributed by atoms with Crippen LogP contribution in [0.1, 0.15) is 22.7 Å². The summed E-state index contributed by atoms with van der Waals surface area (Å²) >= 11 is 0. The summed E-state index contributed by atoms with van der Waals surface area (Å²) in [6.07, 6.45) is 4.35. The predicted octanol–water partition coefficient (Wildman–Crippen LogP) is 2.84. The molecule has 0 saturated carbocycles. The van der Waals surface area contributed by atoms with Crippen molar-refractivity contribution in [3.63, 3.8) is 0 Å². The Balaban J connectivity index is 1.44. The van der Waals surface area contributed by atoms with E-state index in [2.05, 4.69) is 32.7 Å². The molecule has 4 rings (SSSR count). The summed E-state index contributed by atoms with van der Waals surface area (Å²) < 4.78 is 0. The first-order valence-electron chi connectivity index (χ1n) is 10.6. The third kappa shape index (κ3) is 5.39. The SMILES string of the molecule is O=C(NC[C@H](c1cccnc1)N1CCc2ccccc2C1)C(=O)Nc1cccc([N+](=O)[O-])c1. The highest BCUT2D eigenvalue weighted by atomic mass is 16.6. The summed E-state index contributed by atoms with van der Waals surface area (Å²) in [4.78, 5) is 41.7. The molecule has 1 aromatic heterocycles. The maximum atomic E-state index is 12.5. The number of carbonyl (C=O) groups is 2. The number of aromatic nitrogens is 1. The van der Waals surface area contributed by atoms with Gasteiger partial charge in [0.25, 0.3) is 5.69 Å². The van der Waals surface area contributed by atoms with Crippen LogP contribution in [-0.4, -0.2) is 39.7 Å². The standard InChI is InChI=1S/C24H23N5O4/c30-23(24(31)27-20-8-3-9-21(13-20)29(32)33)26-15-22(18-7-4-11-25-14-18)28-12-10-17-5-1-2-6-19(17)16-28/h1-9,11,13-14,22H,10,12,15-16H2,(H,26,30)(H,27,31)/t22-/m1/s1. The summed E-state index contributed by atoms with van der Waals surface area (Å²) in [5, 5.41) is 16.0. The minimum atomic E-state index is -0.885. The lowest BCUT2D eigenvalue weighted by molar-refractivity contribution is -0.384. The Morgan fingerprint density at radius 1 is 1.06 bits per heavy atom. The van der Waals surface area contributed by atoms with Gasteiger partial charge in [-0.15, -0.1) is 0 Å². The highest BCUT2D eigenvalue weighted by Crippen LogP contribution is 2.27. The van der Waals surface area contributed by atoms with E-state index in [1.54, 1.807) is 12.4 Å². The van der Waals surface area contributed by atoms with Crippen LogP contribution in [0.15, 0.2) is 73.1 Å². The number of nitro benzene ring substituents is 1. The molecule has 9 nitrogen and oxygen atoms in total. The molecule has 0 spiro atoms. The summed E-state index contributed by atoms with van der Waals surface area (Å²) in [6, 6.07) is 17.4. The number of carbonyl (C=O) groups excluding carboxylic acids is 2. The van der Waals surface area contributed by atoms with Gasteiger partial charge in [-0.2, -0.15) is 0 Å². The predicted molar refractivity (Wildman–Crippen MR) is 122 cm³/mol. The maximum Gasteiger partial charge on any atom is 0.313 e. The molecule has 2 aromatic carbocycles. The molecular formula is C24H23N5O4. The Kier molecular flexibility index (Phi) is 6.70. The van der Waals surface area contributed by atoms with Gasteiger partial charge in [-0.25, -0.2) is 0 Å². The number of hydrogen-bond donors (Lipinski definition) is 2. The van der Waals surface area contributed by atoms with Crippen LogP contribution in [0.5, 0.6) is 0 Å². The number of pyridine rings is 1. The fourth-order valence-corrected chi connectivity index (χ4v) is 3.97. The van der Waals surface area contributed by atoms with Gasteiger partial charge in [0.1, 0.15) is 0 Å². The molecule has 33 heavy (non-hydrogen) atoms. The molecule has 0 radical (unpaired) electrons. The first kappa shape index (κ1) is 22.1. The second kappa shape index (κ2) is 10.0. The summed E-state index contributed by atoms with van der Waals surface area (Å²) in [5.74, 6) is -1.70. The number of anilines is 1. The van der Waals surface area contributed by atoms with Crippen molar-refractivity contribution in [3.05, 3.63) is 99.9 Å². The monoisotopic (exact) mass is 445 g/mol. The highest BCUT2D eigenvalue weighted by Gasteiger charge is 2.26. The average molecular weight is 445 g/mol. The normalized spacial score (nSPS) is 14.1. The van der Waals surface area contributed by atoms with Crippen molar-refractivity contribution in [2.75, 3.05) is 18.4 Å². The van der Waals surface area contributed by atoms with E-state index in [0.717, 1.165) is 25.1 Å². The zero-order chi connectivity index (χ0) is 23.2. The zero-order valence-electron chi connectivity index (χ0n) is 17.8. The molecule has 1 aliphatic heterocycles. The van der Waals surface area contributed by atoms with Crippen LogP contribution in [0, 0.1) is 10.1 Å². The highest BCUT2D eigenvalue weighted by molar-refractivity contribution is 6.39. The molecule has 2 N–H and O–H groups in total. The Labute approximate surface area is 190 Å². The first-order chi connectivity index (χ1) is 16.0. The number of rotatable bonds is 6. The number of amides is 2. The molecule has 168 valence electrons. The molecule has 0 fully saturated rings. The molecule has 2 amide bonds. The van der Waals surface area contributed by atoms with E-state index in [9.17, 15) is 19.7 Å². The van der Waals surface area contributed by atoms with Crippen LogP contribution < -0.4 is 10.6 Å². The van der Waals surface area contributed by atoms with Crippen LogP contribution in [0.4, 0.5) is 11.4 Å². The molecule has 0 aliphatic carbocycles. The van der Waals surface area contributed by atoms with Crippen molar-refractivity contribution in [2.45, 2.75) is 19.0 Å². The van der Waals surface area contributed by atoms with Crippen molar-refractivity contribution in [3.8, 4) is 0 Å². The van der Waals surface area contributed by atoms with E-state index in [-0.39, 0.29) is 24.0 Å². The van der Waals surface area contributed by atoms with Crippen molar-refractivity contribution in [2.24, 2.45) is 0 Å². The topological polar surface area (TPSA) is 117 Å². The van der Waals surface area contributed by atoms with Crippen LogP contribution in [0.25, 0.3) is 0 Å². The first-order valence-corrected chi connectivity index (χ1v) is 10.6. The van der Waals surface area contributed by atoms with Gasteiger partial charge in [0.15, 0.2) is 0 Å². The van der Waals surface area contributed by atoms with Crippen LogP contribution in [0.3, 0.4) is 0 Å². The molecular weight excluding hydrogens is 422 g/mol. The summed E-state index contributed by atoms with van der Waals surface area (Å²) in [7, 11) is 0. The van der Waals surface area contributed by atoms with Gasteiger partial charge >= 0.3 is 11.8 Å². The lowest BCUT2D eigenvalue weighted by Crippen LogP contribution is -2.43. The maximum absolute atomic E-state index is 12.5. The fourth-order valence-electron chi connectivity index (χ4n) is 3.97. The van der Waals surface area contributed by atoms with E-state index in [4.69, 9.17) is 0 Å². The Hall–Kier alpha value is -4.11. The van der Waals surface area contributed by atoms with Crippen LogP contribution >= 0.6 is 0 Å². The van der Waals surface area contributed by atoms with Crippen LogP contribution in [-0.2, 0) is 22.6 Å². The van der Waals surface area contributed by atoms with E-state index in [1.165, 1.54) is 35.4 Å². The van der Waals surface area contributed by atoms with Crippen LogP contribution in [0.2, 0.25) is 0 Å². The Morgan fingerprint density at radius 3 is 2.64 bits per heavy atom. The number of nitrogens with one attached hydrogen (secondary N) is 2. The van der Waals surface area contributed by atoms with Crippen molar-refractivity contribution in [1.82, 2.24) is 15.2 Å². The molecule has 0 saturated heterocycles. The minimum Gasteiger partial charge on any atom is -0.346 e. The number of hydrogen-bond acceptors (Lipinski definition) is 6. The second-order valence-electron chi connectivity index (χ2n) is 7.76. The van der Waals surface area contributed by atoms with Crippen molar-refractivity contribution in [1.29, 1.82) is 0 Å².